The van der Waals surface area contributed by atoms with Crippen molar-refractivity contribution >= 4 is 56.7 Å². The minimum Gasteiger partial charge on any atom is -0.338 e. The van der Waals surface area contributed by atoms with Crippen LogP contribution >= 0.6 is 34.8 Å². The van der Waals surface area contributed by atoms with E-state index >= 15 is 0 Å². The summed E-state index contributed by atoms with van der Waals surface area (Å²) in [5.74, 6) is 0.290. The molecule has 3 aromatic heterocycles. The molecule has 0 saturated heterocycles. The maximum absolute atomic E-state index is 5.87. The summed E-state index contributed by atoms with van der Waals surface area (Å²) in [5, 5.41) is 8.32. The van der Waals surface area contributed by atoms with E-state index in [9.17, 15) is 0 Å². The van der Waals surface area contributed by atoms with Crippen LogP contribution in [0.15, 0.2) is 36.7 Å². The van der Waals surface area contributed by atoms with Gasteiger partial charge in [-0.25, -0.2) is 4.98 Å². The molecule has 0 fully saturated rings. The lowest BCUT2D eigenvalue weighted by Gasteiger charge is -2.04. The van der Waals surface area contributed by atoms with Gasteiger partial charge in [0.05, 0.1) is 16.6 Å². The fourth-order valence-electron chi connectivity index (χ4n) is 2.39. The number of H-pyrrole nitrogens is 2. The zero-order chi connectivity index (χ0) is 15.3. The molecule has 110 valence electrons. The number of hydrogen-bond donors (Lipinski definition) is 2. The summed E-state index contributed by atoms with van der Waals surface area (Å²) >= 11 is 17.6. The van der Waals surface area contributed by atoms with Gasteiger partial charge in [0, 0.05) is 23.3 Å². The molecule has 0 aliphatic rings. The van der Waals surface area contributed by atoms with Crippen LogP contribution in [0.5, 0.6) is 0 Å². The van der Waals surface area contributed by atoms with E-state index < -0.39 is 3.79 Å². The molecule has 2 N–H and O–H groups in total. The topological polar surface area (TPSA) is 70.2 Å². The average Bonchev–Trinajstić information content (AvgIpc) is 3.08. The lowest BCUT2D eigenvalue weighted by Crippen LogP contribution is -2.01. The maximum atomic E-state index is 5.87. The summed E-state index contributed by atoms with van der Waals surface area (Å²) in [4.78, 5) is 11.4. The fourth-order valence-corrected chi connectivity index (χ4v) is 2.65. The van der Waals surface area contributed by atoms with Crippen molar-refractivity contribution in [1.29, 1.82) is 0 Å². The Bertz CT molecular complexity index is 969. The molecule has 0 radical (unpaired) electrons. The van der Waals surface area contributed by atoms with Crippen LogP contribution in [0.2, 0.25) is 0 Å². The maximum Gasteiger partial charge on any atom is 0.248 e. The molecule has 0 amide bonds. The highest BCUT2D eigenvalue weighted by molar-refractivity contribution is 6.66. The molecule has 0 saturated carbocycles. The number of alkyl halides is 3. The van der Waals surface area contributed by atoms with Crippen LogP contribution in [0.3, 0.4) is 0 Å². The summed E-state index contributed by atoms with van der Waals surface area (Å²) in [6.45, 7) is 0. The molecule has 22 heavy (non-hydrogen) atoms. The lowest BCUT2D eigenvalue weighted by molar-refractivity contribution is 1.05. The van der Waals surface area contributed by atoms with Crippen molar-refractivity contribution in [2.45, 2.75) is 3.79 Å². The third-order valence-electron chi connectivity index (χ3n) is 3.39. The smallest absolute Gasteiger partial charge is 0.248 e. The van der Waals surface area contributed by atoms with Crippen LogP contribution in [0.4, 0.5) is 0 Å². The molecule has 0 unspecified atom stereocenters. The van der Waals surface area contributed by atoms with Crippen molar-refractivity contribution in [3.8, 4) is 11.3 Å². The van der Waals surface area contributed by atoms with E-state index in [2.05, 4.69) is 25.1 Å². The molecule has 0 bridgehead atoms. The number of nitrogens with zero attached hydrogens (tertiary/aromatic N) is 3. The van der Waals surface area contributed by atoms with Gasteiger partial charge < -0.3 is 4.98 Å². The third kappa shape index (κ3) is 2.22. The first-order chi connectivity index (χ1) is 10.5. The van der Waals surface area contributed by atoms with E-state index in [1.807, 2.05) is 24.3 Å². The standard InChI is InChI=1S/C14H8Cl3N5/c15-14(16,17)13-19-10-5-8-9(6-11(10)20-13)21-22-12(8)7-1-3-18-4-2-7/h1-6H,(H,19,20)(H,21,22). The summed E-state index contributed by atoms with van der Waals surface area (Å²) in [6.07, 6.45) is 3.45. The molecule has 0 spiro atoms. The fraction of sp³-hybridized carbons (Fsp3) is 0.0714. The van der Waals surface area contributed by atoms with Crippen molar-refractivity contribution in [3.05, 3.63) is 42.5 Å². The van der Waals surface area contributed by atoms with Crippen molar-refractivity contribution in [2.24, 2.45) is 0 Å². The lowest BCUT2D eigenvalue weighted by atomic mass is 10.1. The number of hydrogen-bond acceptors (Lipinski definition) is 3. The van der Waals surface area contributed by atoms with Crippen molar-refractivity contribution in [3.63, 3.8) is 0 Å². The van der Waals surface area contributed by atoms with Gasteiger partial charge in [0.25, 0.3) is 0 Å². The monoisotopic (exact) mass is 351 g/mol. The summed E-state index contributed by atoms with van der Waals surface area (Å²) < 4.78 is -1.58. The number of nitrogens with one attached hydrogen (secondary N) is 2. The predicted octanol–water partition coefficient (Wildman–Crippen LogP) is 4.33. The highest BCUT2D eigenvalue weighted by atomic mass is 35.6. The number of benzene rings is 1. The van der Waals surface area contributed by atoms with Crippen molar-refractivity contribution in [1.82, 2.24) is 25.1 Å². The molecular weight excluding hydrogens is 345 g/mol. The SMILES string of the molecule is ClC(Cl)(Cl)c1nc2cc3c(-c4ccncc4)n[nH]c3cc2[nH]1. The largest absolute Gasteiger partial charge is 0.338 e. The van der Waals surface area contributed by atoms with Crippen LogP contribution in [0.1, 0.15) is 5.82 Å². The van der Waals surface area contributed by atoms with Crippen LogP contribution in [-0.2, 0) is 3.79 Å². The first kappa shape index (κ1) is 13.8. The van der Waals surface area contributed by atoms with E-state index in [0.29, 0.717) is 11.3 Å². The number of imidazole rings is 1. The number of halogens is 3. The molecule has 0 aliphatic heterocycles. The Hall–Kier alpha value is -1.82. The first-order valence-corrected chi connectivity index (χ1v) is 7.51. The third-order valence-corrected chi connectivity index (χ3v) is 3.92. The highest BCUT2D eigenvalue weighted by Crippen LogP contribution is 2.38. The number of pyridine rings is 1. The minimum atomic E-state index is -1.58. The van der Waals surface area contributed by atoms with E-state index in [1.165, 1.54) is 0 Å². The quantitative estimate of drug-likeness (QED) is 0.501. The number of aromatic nitrogens is 5. The van der Waals surface area contributed by atoms with Gasteiger partial charge in [0.2, 0.25) is 3.79 Å². The predicted molar refractivity (Wildman–Crippen MR) is 88.2 cm³/mol. The highest BCUT2D eigenvalue weighted by Gasteiger charge is 2.27. The molecule has 4 aromatic rings. The Kier molecular flexibility index (Phi) is 3.04. The molecule has 8 heteroatoms. The normalized spacial score (nSPS) is 12.3. The van der Waals surface area contributed by atoms with Gasteiger partial charge in [-0.15, -0.1) is 0 Å². The number of rotatable bonds is 1. The zero-order valence-electron chi connectivity index (χ0n) is 10.9. The van der Waals surface area contributed by atoms with Gasteiger partial charge >= 0.3 is 0 Å². The molecule has 0 aliphatic carbocycles. The van der Waals surface area contributed by atoms with Gasteiger partial charge in [-0.2, -0.15) is 5.10 Å². The van der Waals surface area contributed by atoms with Crippen LogP contribution in [0.25, 0.3) is 33.2 Å². The van der Waals surface area contributed by atoms with E-state index in [1.54, 1.807) is 12.4 Å². The summed E-state index contributed by atoms with van der Waals surface area (Å²) in [7, 11) is 0. The van der Waals surface area contributed by atoms with Gasteiger partial charge in [-0.1, -0.05) is 34.8 Å². The Labute approximate surface area is 139 Å². The second-order valence-electron chi connectivity index (χ2n) is 4.81. The Balaban J connectivity index is 1.96. The average molecular weight is 353 g/mol. The van der Waals surface area contributed by atoms with Crippen LogP contribution < -0.4 is 0 Å². The molecule has 3 heterocycles. The second kappa shape index (κ2) is 4.84. The van der Waals surface area contributed by atoms with Gasteiger partial charge in [0.1, 0.15) is 5.69 Å². The molecule has 1 aromatic carbocycles. The first-order valence-electron chi connectivity index (χ1n) is 6.38. The minimum absolute atomic E-state index is 0.290. The number of fused-ring (bicyclic) bond motifs is 2. The van der Waals surface area contributed by atoms with Gasteiger partial charge in [0.15, 0.2) is 5.82 Å². The number of aromatic amines is 2. The van der Waals surface area contributed by atoms with Crippen LogP contribution in [-0.4, -0.2) is 25.1 Å². The van der Waals surface area contributed by atoms with Gasteiger partial charge in [-0.05, 0) is 24.3 Å². The van der Waals surface area contributed by atoms with Crippen molar-refractivity contribution < 1.29 is 0 Å². The Morgan fingerprint density at radius 3 is 2.50 bits per heavy atom. The molecule has 4 rings (SSSR count). The van der Waals surface area contributed by atoms with E-state index in [4.69, 9.17) is 34.8 Å². The van der Waals surface area contributed by atoms with E-state index in [-0.39, 0.29) is 0 Å². The van der Waals surface area contributed by atoms with E-state index in [0.717, 1.165) is 27.7 Å². The van der Waals surface area contributed by atoms with Gasteiger partial charge in [-0.3, -0.25) is 10.1 Å². The van der Waals surface area contributed by atoms with Crippen LogP contribution in [0, 0.1) is 0 Å². The Morgan fingerprint density at radius 1 is 1.00 bits per heavy atom. The second-order valence-corrected chi connectivity index (χ2v) is 7.09. The molecule has 0 atom stereocenters. The Morgan fingerprint density at radius 2 is 1.77 bits per heavy atom. The molecule has 5 nitrogen and oxygen atoms in total. The van der Waals surface area contributed by atoms with Crippen molar-refractivity contribution in [2.75, 3.05) is 0 Å². The summed E-state index contributed by atoms with van der Waals surface area (Å²) in [6, 6.07) is 7.61. The summed E-state index contributed by atoms with van der Waals surface area (Å²) in [5.41, 5.74) is 4.17. The molecular formula is C14H8Cl3N5. The zero-order valence-corrected chi connectivity index (χ0v) is 13.2.